The Kier molecular flexibility index (Phi) is 5.15. The van der Waals surface area contributed by atoms with Crippen LogP contribution in [0.1, 0.15) is 26.7 Å². The molecule has 96 valence electrons. The Hall–Kier alpha value is -1.36. The van der Waals surface area contributed by atoms with Crippen molar-refractivity contribution in [2.75, 3.05) is 25.5 Å². The highest BCUT2D eigenvalue weighted by Crippen LogP contribution is 2.25. The van der Waals surface area contributed by atoms with E-state index in [1.165, 1.54) is 6.33 Å². The van der Waals surface area contributed by atoms with Gasteiger partial charge in [0.1, 0.15) is 12.1 Å². The van der Waals surface area contributed by atoms with Crippen molar-refractivity contribution < 1.29 is 4.74 Å². The van der Waals surface area contributed by atoms with Gasteiger partial charge in [-0.15, -0.1) is 0 Å². The number of ether oxygens (including phenoxy) is 1. The van der Waals surface area contributed by atoms with Crippen LogP contribution in [0.15, 0.2) is 12.4 Å². The lowest BCUT2D eigenvalue weighted by Gasteiger charge is -2.30. The van der Waals surface area contributed by atoms with Crippen molar-refractivity contribution in [3.05, 3.63) is 12.4 Å². The molecule has 0 aromatic carbocycles. The molecular formula is C12H22N4O. The Bertz CT molecular complexity index is 331. The van der Waals surface area contributed by atoms with Crippen molar-refractivity contribution in [3.8, 4) is 5.88 Å². The molecule has 0 spiro atoms. The van der Waals surface area contributed by atoms with E-state index in [0.29, 0.717) is 12.4 Å². The summed E-state index contributed by atoms with van der Waals surface area (Å²) in [5.41, 5.74) is 5.99. The average Bonchev–Trinajstić information content (AvgIpc) is 2.41. The van der Waals surface area contributed by atoms with Crippen LogP contribution in [0.25, 0.3) is 0 Å². The van der Waals surface area contributed by atoms with Crippen LogP contribution in [0.3, 0.4) is 0 Å². The van der Waals surface area contributed by atoms with E-state index in [1.807, 2.05) is 0 Å². The highest BCUT2D eigenvalue weighted by atomic mass is 16.5. The van der Waals surface area contributed by atoms with Gasteiger partial charge in [-0.3, -0.25) is 0 Å². The summed E-state index contributed by atoms with van der Waals surface area (Å²) in [5.74, 6) is 1.34. The zero-order valence-corrected chi connectivity index (χ0v) is 10.9. The lowest BCUT2D eigenvalue weighted by molar-refractivity contribution is 0.294. The van der Waals surface area contributed by atoms with E-state index in [-0.39, 0.29) is 5.41 Å². The van der Waals surface area contributed by atoms with Crippen LogP contribution in [0.2, 0.25) is 0 Å². The summed E-state index contributed by atoms with van der Waals surface area (Å²) in [7, 11) is 1.59. The van der Waals surface area contributed by atoms with Gasteiger partial charge in [-0.2, -0.15) is 0 Å². The lowest BCUT2D eigenvalue weighted by Crippen LogP contribution is -2.36. The second-order valence-electron chi connectivity index (χ2n) is 4.21. The third-order valence-electron chi connectivity index (χ3n) is 3.43. The van der Waals surface area contributed by atoms with Gasteiger partial charge in [-0.25, -0.2) is 9.97 Å². The van der Waals surface area contributed by atoms with Crippen molar-refractivity contribution in [1.29, 1.82) is 0 Å². The summed E-state index contributed by atoms with van der Waals surface area (Å²) in [5, 5.41) is 3.30. The summed E-state index contributed by atoms with van der Waals surface area (Å²) in [6.07, 6.45) is 3.59. The molecule has 1 aromatic heterocycles. The number of hydrogen-bond donors (Lipinski definition) is 2. The molecule has 0 saturated heterocycles. The summed E-state index contributed by atoms with van der Waals surface area (Å²) in [6.45, 7) is 5.82. The van der Waals surface area contributed by atoms with Crippen LogP contribution in [0, 0.1) is 5.41 Å². The van der Waals surface area contributed by atoms with Gasteiger partial charge in [0, 0.05) is 12.6 Å². The lowest BCUT2D eigenvalue weighted by atomic mass is 9.82. The Balaban J connectivity index is 2.65. The van der Waals surface area contributed by atoms with E-state index in [2.05, 4.69) is 29.1 Å². The molecule has 5 heteroatoms. The van der Waals surface area contributed by atoms with E-state index < -0.39 is 0 Å². The fraction of sp³-hybridized carbons (Fsp3) is 0.667. The molecule has 5 nitrogen and oxygen atoms in total. The van der Waals surface area contributed by atoms with Crippen LogP contribution < -0.4 is 15.8 Å². The molecule has 0 bridgehead atoms. The van der Waals surface area contributed by atoms with Crippen molar-refractivity contribution in [2.45, 2.75) is 26.7 Å². The van der Waals surface area contributed by atoms with Crippen molar-refractivity contribution in [2.24, 2.45) is 11.1 Å². The topological polar surface area (TPSA) is 73.1 Å². The van der Waals surface area contributed by atoms with Crippen LogP contribution in [-0.2, 0) is 0 Å². The second-order valence-corrected chi connectivity index (χ2v) is 4.21. The maximum atomic E-state index is 5.85. The van der Waals surface area contributed by atoms with Crippen molar-refractivity contribution in [1.82, 2.24) is 9.97 Å². The molecule has 0 atom stereocenters. The first-order chi connectivity index (χ1) is 8.19. The van der Waals surface area contributed by atoms with E-state index in [4.69, 9.17) is 10.5 Å². The molecule has 0 aliphatic rings. The van der Waals surface area contributed by atoms with Crippen LogP contribution >= 0.6 is 0 Å². The van der Waals surface area contributed by atoms with E-state index in [9.17, 15) is 0 Å². The molecule has 0 aliphatic heterocycles. The Morgan fingerprint density at radius 1 is 1.35 bits per heavy atom. The zero-order valence-electron chi connectivity index (χ0n) is 10.9. The van der Waals surface area contributed by atoms with Gasteiger partial charge in [0.25, 0.3) is 0 Å². The summed E-state index contributed by atoms with van der Waals surface area (Å²) in [4.78, 5) is 8.12. The Labute approximate surface area is 103 Å². The zero-order chi connectivity index (χ0) is 12.7. The number of methoxy groups -OCH3 is 1. The van der Waals surface area contributed by atoms with Crippen LogP contribution in [-0.4, -0.2) is 30.2 Å². The van der Waals surface area contributed by atoms with Crippen molar-refractivity contribution in [3.63, 3.8) is 0 Å². The number of nitrogens with two attached hydrogens (primary N) is 1. The molecule has 0 amide bonds. The fourth-order valence-corrected chi connectivity index (χ4v) is 1.69. The SMILES string of the molecule is CCC(CC)(CN)CNc1cc(OC)ncn1. The number of rotatable bonds is 7. The molecule has 1 heterocycles. The third-order valence-corrected chi connectivity index (χ3v) is 3.43. The molecule has 0 unspecified atom stereocenters. The highest BCUT2D eigenvalue weighted by molar-refractivity contribution is 5.37. The first kappa shape index (κ1) is 13.7. The average molecular weight is 238 g/mol. The predicted octanol–water partition coefficient (Wildman–Crippen LogP) is 1.66. The molecule has 3 N–H and O–H groups in total. The minimum absolute atomic E-state index is 0.137. The highest BCUT2D eigenvalue weighted by Gasteiger charge is 2.24. The maximum absolute atomic E-state index is 5.85. The van der Waals surface area contributed by atoms with Gasteiger partial charge in [0.05, 0.1) is 7.11 Å². The van der Waals surface area contributed by atoms with Gasteiger partial charge < -0.3 is 15.8 Å². The van der Waals surface area contributed by atoms with Gasteiger partial charge in [-0.05, 0) is 24.8 Å². The molecule has 0 radical (unpaired) electrons. The monoisotopic (exact) mass is 238 g/mol. The largest absolute Gasteiger partial charge is 0.481 e. The van der Waals surface area contributed by atoms with Gasteiger partial charge in [-0.1, -0.05) is 13.8 Å². The predicted molar refractivity (Wildman–Crippen MR) is 69.1 cm³/mol. The minimum Gasteiger partial charge on any atom is -0.481 e. The number of nitrogens with zero attached hydrogens (tertiary/aromatic N) is 2. The maximum Gasteiger partial charge on any atom is 0.218 e. The first-order valence-electron chi connectivity index (χ1n) is 5.99. The smallest absolute Gasteiger partial charge is 0.218 e. The van der Waals surface area contributed by atoms with Gasteiger partial charge in [0.15, 0.2) is 0 Å². The number of hydrogen-bond acceptors (Lipinski definition) is 5. The number of anilines is 1. The summed E-state index contributed by atoms with van der Waals surface area (Å²) < 4.78 is 5.05. The molecule has 0 fully saturated rings. The summed E-state index contributed by atoms with van der Waals surface area (Å²) in [6, 6.07) is 1.78. The number of nitrogens with one attached hydrogen (secondary N) is 1. The Morgan fingerprint density at radius 3 is 2.59 bits per heavy atom. The minimum atomic E-state index is 0.137. The molecule has 1 rings (SSSR count). The van der Waals surface area contributed by atoms with Crippen LogP contribution in [0.4, 0.5) is 5.82 Å². The number of aromatic nitrogens is 2. The molecule has 0 saturated carbocycles. The molecule has 0 aliphatic carbocycles. The fourth-order valence-electron chi connectivity index (χ4n) is 1.69. The summed E-state index contributed by atoms with van der Waals surface area (Å²) >= 11 is 0. The van der Waals surface area contributed by atoms with E-state index >= 15 is 0 Å². The van der Waals surface area contributed by atoms with Gasteiger partial charge in [0.2, 0.25) is 5.88 Å². The van der Waals surface area contributed by atoms with E-state index in [1.54, 1.807) is 13.2 Å². The normalized spacial score (nSPS) is 11.3. The molecular weight excluding hydrogens is 216 g/mol. The molecule has 1 aromatic rings. The van der Waals surface area contributed by atoms with E-state index in [0.717, 1.165) is 25.2 Å². The Morgan fingerprint density at radius 2 is 2.06 bits per heavy atom. The van der Waals surface area contributed by atoms with Gasteiger partial charge >= 0.3 is 0 Å². The van der Waals surface area contributed by atoms with Crippen LogP contribution in [0.5, 0.6) is 5.88 Å². The first-order valence-corrected chi connectivity index (χ1v) is 5.99. The van der Waals surface area contributed by atoms with Crippen molar-refractivity contribution >= 4 is 5.82 Å². The standard InChI is InChI=1S/C12H22N4O/c1-4-12(5-2,7-13)8-14-10-6-11(17-3)16-9-15-10/h6,9H,4-5,7-8,13H2,1-3H3,(H,14,15,16). The third kappa shape index (κ3) is 3.56. The quantitative estimate of drug-likeness (QED) is 0.756. The molecule has 17 heavy (non-hydrogen) atoms. The second kappa shape index (κ2) is 6.39.